The van der Waals surface area contributed by atoms with Crippen LogP contribution in [0.2, 0.25) is 0 Å². The van der Waals surface area contributed by atoms with E-state index in [4.69, 9.17) is 4.74 Å². The summed E-state index contributed by atoms with van der Waals surface area (Å²) in [6, 6.07) is 4.61. The van der Waals surface area contributed by atoms with Gasteiger partial charge in [-0.25, -0.2) is 4.39 Å². The summed E-state index contributed by atoms with van der Waals surface area (Å²) in [5, 5.41) is 0. The highest BCUT2D eigenvalue weighted by Gasteiger charge is 1.99. The lowest BCUT2D eigenvalue weighted by molar-refractivity contribution is 0.308. The van der Waals surface area contributed by atoms with E-state index >= 15 is 0 Å². The van der Waals surface area contributed by atoms with E-state index in [1.807, 2.05) is 0 Å². The zero-order chi connectivity index (χ0) is 10.4. The molecule has 0 heterocycles. The maximum atomic E-state index is 13.0. The Hall–Kier alpha value is -1.31. The van der Waals surface area contributed by atoms with Crippen LogP contribution in [0.4, 0.5) is 4.39 Å². The summed E-state index contributed by atoms with van der Waals surface area (Å²) in [5.41, 5.74) is 0.747. The van der Waals surface area contributed by atoms with Crippen molar-refractivity contribution in [3.05, 3.63) is 36.2 Å². The van der Waals surface area contributed by atoms with Crippen LogP contribution >= 0.6 is 0 Å². The molecule has 1 aromatic carbocycles. The van der Waals surface area contributed by atoms with Crippen LogP contribution < -0.4 is 4.74 Å². The molecule has 0 radical (unpaired) electrons. The summed E-state index contributed by atoms with van der Waals surface area (Å²) < 4.78 is 18.4. The topological polar surface area (TPSA) is 9.23 Å². The number of ether oxygens (including phenoxy) is 1. The second-order valence-electron chi connectivity index (χ2n) is 3.13. The normalized spacial score (nSPS) is 9.86. The Bertz CT molecular complexity index is 307. The Kier molecular flexibility index (Phi) is 4.17. The maximum absolute atomic E-state index is 13.0. The van der Waals surface area contributed by atoms with Crippen LogP contribution in [-0.2, 0) is 0 Å². The average molecular weight is 194 g/mol. The average Bonchev–Trinajstić information content (AvgIpc) is 2.17. The lowest BCUT2D eigenvalue weighted by atomic mass is 10.2. The predicted octanol–water partition coefficient (Wildman–Crippen LogP) is 3.65. The molecule has 0 spiro atoms. The Balaban J connectivity index is 2.66. The van der Waals surface area contributed by atoms with Crippen LogP contribution in [0.25, 0.3) is 6.08 Å². The fourth-order valence-electron chi connectivity index (χ4n) is 1.12. The highest BCUT2D eigenvalue weighted by molar-refractivity contribution is 5.49. The lowest BCUT2D eigenvalue weighted by Crippen LogP contribution is -1.97. The van der Waals surface area contributed by atoms with Gasteiger partial charge in [-0.15, -0.1) is 0 Å². The lowest BCUT2D eigenvalue weighted by Gasteiger charge is -2.06. The number of unbranched alkanes of at least 4 members (excludes halogenated alkanes) is 1. The Morgan fingerprint density at radius 2 is 2.21 bits per heavy atom. The second-order valence-corrected chi connectivity index (χ2v) is 3.13. The Morgan fingerprint density at radius 1 is 1.43 bits per heavy atom. The summed E-state index contributed by atoms with van der Waals surface area (Å²) in [6.07, 6.45) is 3.67. The van der Waals surface area contributed by atoms with E-state index in [9.17, 15) is 4.39 Å². The highest BCUT2D eigenvalue weighted by atomic mass is 19.1. The van der Waals surface area contributed by atoms with E-state index in [1.165, 1.54) is 12.1 Å². The number of benzene rings is 1. The third-order valence-corrected chi connectivity index (χ3v) is 1.90. The molecule has 0 aliphatic rings. The minimum atomic E-state index is -0.283. The summed E-state index contributed by atoms with van der Waals surface area (Å²) in [5.74, 6) is 0.294. The van der Waals surface area contributed by atoms with Crippen LogP contribution in [0.3, 0.4) is 0 Å². The van der Waals surface area contributed by atoms with Gasteiger partial charge >= 0.3 is 0 Å². The van der Waals surface area contributed by atoms with E-state index in [0.717, 1.165) is 18.4 Å². The van der Waals surface area contributed by atoms with E-state index in [1.54, 1.807) is 12.1 Å². The van der Waals surface area contributed by atoms with E-state index in [0.29, 0.717) is 12.4 Å². The number of halogens is 1. The molecule has 1 nitrogen and oxygen atoms in total. The molecule has 76 valence electrons. The van der Waals surface area contributed by atoms with E-state index in [2.05, 4.69) is 13.5 Å². The van der Waals surface area contributed by atoms with Gasteiger partial charge < -0.3 is 4.74 Å². The van der Waals surface area contributed by atoms with Crippen LogP contribution in [0.5, 0.6) is 5.75 Å². The molecular weight excluding hydrogens is 179 g/mol. The van der Waals surface area contributed by atoms with Gasteiger partial charge in [0, 0.05) is 6.07 Å². The second kappa shape index (κ2) is 5.43. The van der Waals surface area contributed by atoms with Crippen molar-refractivity contribution in [3.63, 3.8) is 0 Å². The first-order chi connectivity index (χ1) is 6.76. The molecule has 0 N–H and O–H groups in total. The van der Waals surface area contributed by atoms with Gasteiger partial charge in [-0.2, -0.15) is 0 Å². The fourth-order valence-corrected chi connectivity index (χ4v) is 1.12. The molecule has 0 aliphatic heterocycles. The van der Waals surface area contributed by atoms with Gasteiger partial charge in [-0.05, 0) is 24.1 Å². The van der Waals surface area contributed by atoms with Gasteiger partial charge in [0.05, 0.1) is 6.61 Å². The Morgan fingerprint density at radius 3 is 2.86 bits per heavy atom. The van der Waals surface area contributed by atoms with E-state index < -0.39 is 0 Å². The SMILES string of the molecule is C=Cc1cc(F)cc(OCCCC)c1. The van der Waals surface area contributed by atoms with Gasteiger partial charge in [0.15, 0.2) is 0 Å². The van der Waals surface area contributed by atoms with Crippen molar-refractivity contribution in [2.75, 3.05) is 6.61 Å². The van der Waals surface area contributed by atoms with Crippen molar-refractivity contribution in [3.8, 4) is 5.75 Å². The third-order valence-electron chi connectivity index (χ3n) is 1.90. The van der Waals surface area contributed by atoms with Crippen LogP contribution in [0.1, 0.15) is 25.3 Å². The molecule has 1 aromatic rings. The molecule has 0 fully saturated rings. The smallest absolute Gasteiger partial charge is 0.127 e. The summed E-state index contributed by atoms with van der Waals surface area (Å²) in [4.78, 5) is 0. The van der Waals surface area contributed by atoms with Gasteiger partial charge in [0.25, 0.3) is 0 Å². The summed E-state index contributed by atoms with van der Waals surface area (Å²) in [7, 11) is 0. The number of hydrogen-bond donors (Lipinski definition) is 0. The molecule has 2 heteroatoms. The standard InChI is InChI=1S/C12H15FO/c1-3-5-6-14-12-8-10(4-2)7-11(13)9-12/h4,7-9H,2-3,5-6H2,1H3. The zero-order valence-corrected chi connectivity index (χ0v) is 8.42. The van der Waals surface area contributed by atoms with Crippen LogP contribution in [0, 0.1) is 5.82 Å². The first-order valence-corrected chi connectivity index (χ1v) is 4.82. The molecule has 0 saturated heterocycles. The van der Waals surface area contributed by atoms with Crippen molar-refractivity contribution in [2.24, 2.45) is 0 Å². The Labute approximate surface area is 84.2 Å². The fraction of sp³-hybridized carbons (Fsp3) is 0.333. The van der Waals surface area contributed by atoms with Crippen molar-refractivity contribution >= 4 is 6.08 Å². The molecule has 0 bridgehead atoms. The molecule has 0 unspecified atom stereocenters. The highest BCUT2D eigenvalue weighted by Crippen LogP contribution is 2.17. The van der Waals surface area contributed by atoms with E-state index in [-0.39, 0.29) is 5.82 Å². The van der Waals surface area contributed by atoms with Gasteiger partial charge in [-0.1, -0.05) is 26.0 Å². The van der Waals surface area contributed by atoms with Crippen molar-refractivity contribution < 1.29 is 9.13 Å². The van der Waals surface area contributed by atoms with Gasteiger partial charge in [0.1, 0.15) is 11.6 Å². The minimum absolute atomic E-state index is 0.283. The van der Waals surface area contributed by atoms with Crippen molar-refractivity contribution in [1.82, 2.24) is 0 Å². The minimum Gasteiger partial charge on any atom is -0.493 e. The molecule has 0 atom stereocenters. The molecule has 0 aliphatic carbocycles. The monoisotopic (exact) mass is 194 g/mol. The number of hydrogen-bond acceptors (Lipinski definition) is 1. The molecule has 0 aromatic heterocycles. The molecular formula is C12H15FO. The first kappa shape index (κ1) is 10.8. The van der Waals surface area contributed by atoms with Gasteiger partial charge in [0.2, 0.25) is 0 Å². The zero-order valence-electron chi connectivity index (χ0n) is 8.42. The molecule has 14 heavy (non-hydrogen) atoms. The third kappa shape index (κ3) is 3.21. The van der Waals surface area contributed by atoms with Crippen molar-refractivity contribution in [1.29, 1.82) is 0 Å². The maximum Gasteiger partial charge on any atom is 0.127 e. The summed E-state index contributed by atoms with van der Waals surface area (Å²) in [6.45, 7) is 6.31. The molecule has 1 rings (SSSR count). The first-order valence-electron chi connectivity index (χ1n) is 4.82. The largest absolute Gasteiger partial charge is 0.493 e. The van der Waals surface area contributed by atoms with Gasteiger partial charge in [-0.3, -0.25) is 0 Å². The molecule has 0 saturated carbocycles. The van der Waals surface area contributed by atoms with Crippen molar-refractivity contribution in [2.45, 2.75) is 19.8 Å². The number of rotatable bonds is 5. The quantitative estimate of drug-likeness (QED) is 0.650. The summed E-state index contributed by atoms with van der Waals surface area (Å²) >= 11 is 0. The molecule has 0 amide bonds. The van der Waals surface area contributed by atoms with Crippen LogP contribution in [0.15, 0.2) is 24.8 Å². The predicted molar refractivity (Wildman–Crippen MR) is 56.9 cm³/mol. The van der Waals surface area contributed by atoms with Crippen LogP contribution in [-0.4, -0.2) is 6.61 Å².